The Morgan fingerprint density at radius 1 is 1.32 bits per heavy atom. The van der Waals surface area contributed by atoms with E-state index in [9.17, 15) is 9.90 Å². The van der Waals surface area contributed by atoms with Crippen LogP contribution in [0.1, 0.15) is 18.1 Å². The molecule has 25 heavy (non-hydrogen) atoms. The predicted octanol–water partition coefficient (Wildman–Crippen LogP) is 2.78. The van der Waals surface area contributed by atoms with E-state index in [4.69, 9.17) is 11.6 Å². The lowest BCUT2D eigenvalue weighted by Gasteiger charge is -2.29. The van der Waals surface area contributed by atoms with E-state index >= 15 is 0 Å². The number of halogens is 1. The van der Waals surface area contributed by atoms with Gasteiger partial charge in [0.05, 0.1) is 23.2 Å². The van der Waals surface area contributed by atoms with E-state index in [0.717, 1.165) is 22.2 Å². The molecule has 3 rings (SSSR count). The largest absolute Gasteiger partial charge is 0.394 e. The third kappa shape index (κ3) is 3.60. The molecular formula is C18H19ClN4O2. The molecule has 7 heteroatoms. The van der Waals surface area contributed by atoms with Crippen molar-refractivity contribution in [2.45, 2.75) is 19.0 Å². The van der Waals surface area contributed by atoms with Gasteiger partial charge in [0.1, 0.15) is 0 Å². The normalized spacial score (nSPS) is 13.4. The van der Waals surface area contributed by atoms with Crippen LogP contribution in [0.15, 0.2) is 42.5 Å². The van der Waals surface area contributed by atoms with Crippen molar-refractivity contribution in [2.75, 3.05) is 11.9 Å². The fourth-order valence-electron chi connectivity index (χ4n) is 2.74. The number of hydrogen-bond donors (Lipinski definition) is 4. The maximum absolute atomic E-state index is 10.5. The van der Waals surface area contributed by atoms with Gasteiger partial charge in [-0.1, -0.05) is 35.9 Å². The molecule has 0 spiro atoms. The molecule has 0 aliphatic heterocycles. The van der Waals surface area contributed by atoms with E-state index in [0.29, 0.717) is 23.9 Å². The van der Waals surface area contributed by atoms with Gasteiger partial charge in [0.15, 0.2) is 0 Å². The number of rotatable bonds is 7. The predicted molar refractivity (Wildman–Crippen MR) is 98.5 cm³/mol. The number of carbonyl (C=O) groups is 1. The zero-order valence-corrected chi connectivity index (χ0v) is 14.5. The van der Waals surface area contributed by atoms with E-state index in [1.807, 2.05) is 43.3 Å². The quantitative estimate of drug-likeness (QED) is 0.489. The first-order valence-corrected chi connectivity index (χ1v) is 8.23. The van der Waals surface area contributed by atoms with Gasteiger partial charge in [0.2, 0.25) is 12.4 Å². The van der Waals surface area contributed by atoms with Crippen LogP contribution in [0.25, 0.3) is 11.0 Å². The summed E-state index contributed by atoms with van der Waals surface area (Å²) in [5.74, 6) is 0.532. The highest BCUT2D eigenvalue weighted by molar-refractivity contribution is 6.30. The van der Waals surface area contributed by atoms with Crippen molar-refractivity contribution in [2.24, 2.45) is 0 Å². The number of para-hydroxylation sites is 1. The number of H-pyrrole nitrogens is 1. The van der Waals surface area contributed by atoms with Gasteiger partial charge in [-0.05, 0) is 36.2 Å². The fraction of sp³-hybridized carbons (Fsp3) is 0.222. The zero-order chi connectivity index (χ0) is 17.9. The molecule has 130 valence electrons. The molecule has 0 aliphatic rings. The van der Waals surface area contributed by atoms with E-state index in [1.54, 1.807) is 6.07 Å². The molecule has 1 amide bonds. The van der Waals surface area contributed by atoms with Crippen LogP contribution in [0, 0.1) is 0 Å². The van der Waals surface area contributed by atoms with Gasteiger partial charge in [-0.15, -0.1) is 0 Å². The van der Waals surface area contributed by atoms with Gasteiger partial charge in [-0.2, -0.15) is 0 Å². The molecule has 3 aromatic rings. The van der Waals surface area contributed by atoms with Crippen LogP contribution >= 0.6 is 11.6 Å². The topological polar surface area (TPSA) is 90.0 Å². The Balaban J connectivity index is 1.94. The van der Waals surface area contributed by atoms with Crippen LogP contribution in [0.2, 0.25) is 5.02 Å². The Morgan fingerprint density at radius 3 is 2.84 bits per heavy atom. The van der Waals surface area contributed by atoms with Crippen molar-refractivity contribution in [1.82, 2.24) is 15.3 Å². The highest BCUT2D eigenvalue weighted by Crippen LogP contribution is 2.28. The maximum atomic E-state index is 10.5. The van der Waals surface area contributed by atoms with Gasteiger partial charge < -0.3 is 20.7 Å². The minimum atomic E-state index is -0.750. The number of nitrogens with zero attached hydrogens (tertiary/aromatic N) is 1. The van der Waals surface area contributed by atoms with Crippen molar-refractivity contribution in [3.63, 3.8) is 0 Å². The molecule has 1 aromatic heterocycles. The van der Waals surface area contributed by atoms with Gasteiger partial charge in [-0.25, -0.2) is 4.98 Å². The van der Waals surface area contributed by atoms with Crippen LogP contribution in [0.3, 0.4) is 0 Å². The molecule has 0 saturated heterocycles. The lowest BCUT2D eigenvalue weighted by molar-refractivity contribution is -0.109. The Labute approximate surface area is 150 Å². The third-order valence-corrected chi connectivity index (χ3v) is 4.38. The van der Waals surface area contributed by atoms with E-state index < -0.39 is 5.54 Å². The number of aromatic nitrogens is 2. The summed E-state index contributed by atoms with van der Waals surface area (Å²) in [5, 5.41) is 16.4. The number of fused-ring (bicyclic) bond motifs is 1. The Morgan fingerprint density at radius 2 is 2.12 bits per heavy atom. The fourth-order valence-corrected chi connectivity index (χ4v) is 2.93. The number of aliphatic hydroxyl groups excluding tert-OH is 1. The number of hydrogen-bond acceptors (Lipinski definition) is 4. The molecule has 0 radical (unpaired) electrons. The summed E-state index contributed by atoms with van der Waals surface area (Å²) in [6, 6.07) is 13.1. The van der Waals surface area contributed by atoms with Crippen LogP contribution in [-0.2, 0) is 16.9 Å². The molecule has 4 N–H and O–H groups in total. The average molecular weight is 359 g/mol. The summed E-state index contributed by atoms with van der Waals surface area (Å²) in [4.78, 5) is 18.3. The minimum absolute atomic E-state index is 0.135. The smallest absolute Gasteiger partial charge is 0.207 e. The summed E-state index contributed by atoms with van der Waals surface area (Å²) in [6.45, 7) is 2.14. The molecule has 0 aliphatic carbocycles. The molecular weight excluding hydrogens is 340 g/mol. The average Bonchev–Trinajstić information content (AvgIpc) is 3.02. The number of aromatic amines is 1. The highest BCUT2D eigenvalue weighted by atomic mass is 35.5. The van der Waals surface area contributed by atoms with Crippen LogP contribution in [0.4, 0.5) is 5.95 Å². The maximum Gasteiger partial charge on any atom is 0.207 e. The molecule has 1 unspecified atom stereocenters. The first kappa shape index (κ1) is 17.3. The standard InChI is InChI=1S/C18H19ClN4O2/c1-18(10-24,13-5-3-6-14(19)8-13)23-17-21-15-7-2-4-12(9-20-11-25)16(15)22-17/h2-8,11,24H,9-10H2,1H3,(H,20,25)(H2,21,22,23). The first-order chi connectivity index (χ1) is 12.1. The first-order valence-electron chi connectivity index (χ1n) is 7.85. The van der Waals surface area contributed by atoms with E-state index in [-0.39, 0.29) is 6.61 Å². The van der Waals surface area contributed by atoms with Crippen molar-refractivity contribution in [1.29, 1.82) is 0 Å². The lowest BCUT2D eigenvalue weighted by Crippen LogP contribution is -2.36. The van der Waals surface area contributed by atoms with Gasteiger partial charge in [0.25, 0.3) is 0 Å². The summed E-state index contributed by atoms with van der Waals surface area (Å²) >= 11 is 6.08. The minimum Gasteiger partial charge on any atom is -0.394 e. The molecule has 0 saturated carbocycles. The zero-order valence-electron chi connectivity index (χ0n) is 13.7. The highest BCUT2D eigenvalue weighted by Gasteiger charge is 2.27. The summed E-state index contributed by atoms with van der Waals surface area (Å²) < 4.78 is 0. The summed E-state index contributed by atoms with van der Waals surface area (Å²) in [6.07, 6.45) is 0.659. The number of benzene rings is 2. The third-order valence-electron chi connectivity index (χ3n) is 4.14. The van der Waals surface area contributed by atoms with Gasteiger partial charge >= 0.3 is 0 Å². The van der Waals surface area contributed by atoms with E-state index in [1.165, 1.54) is 0 Å². The number of carbonyl (C=O) groups excluding carboxylic acids is 1. The van der Waals surface area contributed by atoms with Crippen molar-refractivity contribution < 1.29 is 9.90 Å². The molecule has 2 aromatic carbocycles. The summed E-state index contributed by atoms with van der Waals surface area (Å²) in [7, 11) is 0. The van der Waals surface area contributed by atoms with Crippen LogP contribution < -0.4 is 10.6 Å². The molecule has 6 nitrogen and oxygen atoms in total. The van der Waals surface area contributed by atoms with Gasteiger partial charge in [0, 0.05) is 11.6 Å². The Bertz CT molecular complexity index is 896. The van der Waals surface area contributed by atoms with Crippen LogP contribution in [-0.4, -0.2) is 28.1 Å². The second-order valence-electron chi connectivity index (χ2n) is 6.02. The second-order valence-corrected chi connectivity index (χ2v) is 6.46. The van der Waals surface area contributed by atoms with Gasteiger partial charge in [-0.3, -0.25) is 4.79 Å². The van der Waals surface area contributed by atoms with E-state index in [2.05, 4.69) is 20.6 Å². The number of aliphatic hydroxyl groups is 1. The van der Waals surface area contributed by atoms with Crippen molar-refractivity contribution in [3.05, 3.63) is 58.6 Å². The molecule has 0 bridgehead atoms. The lowest BCUT2D eigenvalue weighted by atomic mass is 9.93. The van der Waals surface area contributed by atoms with Crippen molar-refractivity contribution in [3.8, 4) is 0 Å². The Hall–Kier alpha value is -2.57. The Kier molecular flexibility index (Phi) is 4.92. The summed E-state index contributed by atoms with van der Waals surface area (Å²) in [5.41, 5.74) is 2.62. The number of imidazole rings is 1. The molecule has 1 heterocycles. The second kappa shape index (κ2) is 7.13. The number of amides is 1. The molecule has 1 atom stereocenters. The number of nitrogens with one attached hydrogen (secondary N) is 3. The number of anilines is 1. The van der Waals surface area contributed by atoms with Crippen LogP contribution in [0.5, 0.6) is 0 Å². The SMILES string of the molecule is CC(CO)(Nc1nc2c(CNC=O)cccc2[nH]1)c1cccc(Cl)c1. The van der Waals surface area contributed by atoms with Crippen molar-refractivity contribution >= 4 is 35.0 Å². The monoisotopic (exact) mass is 358 g/mol. The molecule has 0 fully saturated rings.